The number of sulfone groups is 1. The smallest absolute Gasteiger partial charge is 0.240 e. The number of fused-ring (bicyclic) bond motifs is 1. The number of hydrogen-bond acceptors (Lipinski definition) is 3. The number of benzene rings is 1. The van der Waals surface area contributed by atoms with E-state index < -0.39 is 15.1 Å². The van der Waals surface area contributed by atoms with Gasteiger partial charge in [0.2, 0.25) is 5.91 Å². The molecule has 20 heavy (non-hydrogen) atoms. The highest BCUT2D eigenvalue weighted by Crippen LogP contribution is 2.20. The largest absolute Gasteiger partial charge is 0.337 e. The predicted octanol–water partition coefficient (Wildman–Crippen LogP) is 1.56. The van der Waals surface area contributed by atoms with Crippen LogP contribution in [0.1, 0.15) is 18.1 Å². The van der Waals surface area contributed by atoms with Gasteiger partial charge in [0.1, 0.15) is 5.25 Å². The second-order valence-electron chi connectivity index (χ2n) is 5.04. The van der Waals surface area contributed by atoms with Crippen molar-refractivity contribution in [3.05, 3.63) is 48.0 Å². The van der Waals surface area contributed by atoms with Crippen molar-refractivity contribution in [1.82, 2.24) is 4.90 Å². The van der Waals surface area contributed by atoms with E-state index in [9.17, 15) is 13.2 Å². The minimum absolute atomic E-state index is 0.162. The third-order valence-corrected chi connectivity index (χ3v) is 5.66. The molecule has 0 aromatic heterocycles. The Morgan fingerprint density at radius 3 is 2.70 bits per heavy atom. The summed E-state index contributed by atoms with van der Waals surface area (Å²) in [4.78, 5) is 14.0. The summed E-state index contributed by atoms with van der Waals surface area (Å²) in [6, 6.07) is 7.95. The molecular weight excluding hydrogens is 274 g/mol. The van der Waals surface area contributed by atoms with Crippen molar-refractivity contribution in [2.24, 2.45) is 0 Å². The zero-order valence-electron chi connectivity index (χ0n) is 11.6. The maximum Gasteiger partial charge on any atom is 0.240 e. The van der Waals surface area contributed by atoms with Crippen LogP contribution in [0.25, 0.3) is 0 Å². The molecule has 0 fully saturated rings. The first-order valence-electron chi connectivity index (χ1n) is 6.63. The Morgan fingerprint density at radius 1 is 1.40 bits per heavy atom. The first kappa shape index (κ1) is 14.8. The van der Waals surface area contributed by atoms with Crippen LogP contribution >= 0.6 is 0 Å². The van der Waals surface area contributed by atoms with Crippen LogP contribution in [-0.4, -0.2) is 36.8 Å². The van der Waals surface area contributed by atoms with Crippen molar-refractivity contribution in [3.8, 4) is 0 Å². The monoisotopic (exact) mass is 293 g/mol. The highest BCUT2D eigenvalue weighted by atomic mass is 32.2. The Balaban J connectivity index is 2.14. The van der Waals surface area contributed by atoms with Crippen molar-refractivity contribution in [2.45, 2.75) is 25.1 Å². The number of carbonyl (C=O) groups excluding carboxylic acids is 1. The molecule has 0 radical (unpaired) electrons. The van der Waals surface area contributed by atoms with Gasteiger partial charge in [0.05, 0.1) is 5.75 Å². The van der Waals surface area contributed by atoms with E-state index in [4.69, 9.17) is 0 Å². The van der Waals surface area contributed by atoms with Crippen LogP contribution in [-0.2, 0) is 27.6 Å². The van der Waals surface area contributed by atoms with E-state index in [0.29, 0.717) is 13.1 Å². The minimum atomic E-state index is -3.45. The third-order valence-electron chi connectivity index (χ3n) is 3.68. The highest BCUT2D eigenvalue weighted by molar-refractivity contribution is 7.92. The molecule has 1 unspecified atom stereocenters. The number of rotatable bonds is 4. The first-order chi connectivity index (χ1) is 9.45. The number of hydrogen-bond donors (Lipinski definition) is 0. The normalized spacial score (nSPS) is 16.4. The predicted molar refractivity (Wildman–Crippen MR) is 79.0 cm³/mol. The molecule has 1 atom stereocenters. The lowest BCUT2D eigenvalue weighted by molar-refractivity contribution is -0.131. The highest BCUT2D eigenvalue weighted by Gasteiger charge is 2.32. The van der Waals surface area contributed by atoms with Crippen molar-refractivity contribution in [1.29, 1.82) is 0 Å². The molecule has 0 saturated carbocycles. The lowest BCUT2D eigenvalue weighted by Crippen LogP contribution is -2.44. The molecule has 1 aromatic carbocycles. The molecule has 1 aliphatic rings. The van der Waals surface area contributed by atoms with Crippen molar-refractivity contribution >= 4 is 15.7 Å². The van der Waals surface area contributed by atoms with Gasteiger partial charge in [-0.2, -0.15) is 0 Å². The standard InChI is InChI=1S/C15H19NO3S/c1-3-10-20(18,19)12(2)15(17)16-9-8-13-6-4-5-7-14(13)11-16/h3-7,12H,1,8-11H2,2H3. The van der Waals surface area contributed by atoms with Crippen molar-refractivity contribution in [2.75, 3.05) is 12.3 Å². The fourth-order valence-corrected chi connectivity index (χ4v) is 3.48. The second-order valence-corrected chi connectivity index (χ2v) is 7.41. The van der Waals surface area contributed by atoms with Gasteiger partial charge in [-0.3, -0.25) is 4.79 Å². The van der Waals surface area contributed by atoms with E-state index in [2.05, 4.69) is 12.6 Å². The molecule has 1 aliphatic heterocycles. The topological polar surface area (TPSA) is 54.5 Å². The van der Waals surface area contributed by atoms with Crippen LogP contribution in [0.2, 0.25) is 0 Å². The van der Waals surface area contributed by atoms with E-state index in [-0.39, 0.29) is 11.7 Å². The van der Waals surface area contributed by atoms with Gasteiger partial charge in [0.25, 0.3) is 0 Å². The summed E-state index contributed by atoms with van der Waals surface area (Å²) >= 11 is 0. The Kier molecular flexibility index (Phi) is 4.28. The van der Waals surface area contributed by atoms with Crippen molar-refractivity contribution in [3.63, 3.8) is 0 Å². The van der Waals surface area contributed by atoms with Gasteiger partial charge < -0.3 is 4.90 Å². The average molecular weight is 293 g/mol. The Hall–Kier alpha value is -1.62. The maximum atomic E-state index is 12.3. The summed E-state index contributed by atoms with van der Waals surface area (Å²) in [6.45, 7) is 5.95. The van der Waals surface area contributed by atoms with Gasteiger partial charge in [-0.25, -0.2) is 8.42 Å². The molecule has 5 heteroatoms. The van der Waals surface area contributed by atoms with Crippen LogP contribution in [0.5, 0.6) is 0 Å². The van der Waals surface area contributed by atoms with Gasteiger partial charge in [-0.1, -0.05) is 30.3 Å². The molecule has 0 bridgehead atoms. The van der Waals surface area contributed by atoms with Crippen LogP contribution < -0.4 is 0 Å². The van der Waals surface area contributed by atoms with Gasteiger partial charge in [0, 0.05) is 13.1 Å². The van der Waals surface area contributed by atoms with E-state index in [1.54, 1.807) is 4.90 Å². The Bertz CT molecular complexity index is 622. The molecule has 2 rings (SSSR count). The van der Waals surface area contributed by atoms with Crippen molar-refractivity contribution < 1.29 is 13.2 Å². The van der Waals surface area contributed by atoms with Crippen LogP contribution in [0, 0.1) is 0 Å². The zero-order valence-corrected chi connectivity index (χ0v) is 12.4. The molecule has 1 aromatic rings. The summed E-state index contributed by atoms with van der Waals surface area (Å²) in [7, 11) is -3.45. The Labute approximate surface area is 120 Å². The van der Waals surface area contributed by atoms with Gasteiger partial charge >= 0.3 is 0 Å². The van der Waals surface area contributed by atoms with E-state index in [0.717, 1.165) is 12.0 Å². The molecule has 0 aliphatic carbocycles. The summed E-state index contributed by atoms with van der Waals surface area (Å²) in [5.41, 5.74) is 2.33. The van der Waals surface area contributed by atoms with E-state index in [1.165, 1.54) is 18.6 Å². The lowest BCUT2D eigenvalue weighted by Gasteiger charge is -2.30. The molecule has 0 N–H and O–H groups in total. The van der Waals surface area contributed by atoms with Gasteiger partial charge in [-0.15, -0.1) is 6.58 Å². The second kappa shape index (κ2) is 5.79. The summed E-state index contributed by atoms with van der Waals surface area (Å²) in [6.07, 6.45) is 2.10. The molecule has 1 amide bonds. The summed E-state index contributed by atoms with van der Waals surface area (Å²) in [5.74, 6) is -0.481. The summed E-state index contributed by atoms with van der Waals surface area (Å²) in [5, 5.41) is -1.01. The van der Waals surface area contributed by atoms with E-state index in [1.807, 2.05) is 18.2 Å². The van der Waals surface area contributed by atoms with Crippen LogP contribution in [0.15, 0.2) is 36.9 Å². The van der Waals surface area contributed by atoms with E-state index >= 15 is 0 Å². The number of nitrogens with zero attached hydrogens (tertiary/aromatic N) is 1. The number of amides is 1. The van der Waals surface area contributed by atoms with Crippen LogP contribution in [0.3, 0.4) is 0 Å². The molecule has 4 nitrogen and oxygen atoms in total. The molecule has 0 spiro atoms. The average Bonchev–Trinajstić information content (AvgIpc) is 2.45. The quantitative estimate of drug-likeness (QED) is 0.792. The fraction of sp³-hybridized carbons (Fsp3) is 0.400. The lowest BCUT2D eigenvalue weighted by atomic mass is 10.00. The SMILES string of the molecule is C=CCS(=O)(=O)C(C)C(=O)N1CCc2ccccc2C1. The number of carbonyl (C=O) groups is 1. The molecule has 0 saturated heterocycles. The van der Waals surface area contributed by atoms with Crippen LogP contribution in [0.4, 0.5) is 0 Å². The Morgan fingerprint density at radius 2 is 2.05 bits per heavy atom. The van der Waals surface area contributed by atoms with Gasteiger partial charge in [0.15, 0.2) is 9.84 Å². The first-order valence-corrected chi connectivity index (χ1v) is 8.35. The minimum Gasteiger partial charge on any atom is -0.337 e. The zero-order chi connectivity index (χ0) is 14.8. The fourth-order valence-electron chi connectivity index (χ4n) is 2.40. The molecule has 108 valence electrons. The molecular formula is C15H19NO3S. The molecule has 1 heterocycles. The van der Waals surface area contributed by atoms with Gasteiger partial charge in [-0.05, 0) is 24.5 Å². The summed E-state index contributed by atoms with van der Waals surface area (Å²) < 4.78 is 23.9. The maximum absolute atomic E-state index is 12.3. The third kappa shape index (κ3) is 2.93.